The quantitative estimate of drug-likeness (QED) is 0.234. The summed E-state index contributed by atoms with van der Waals surface area (Å²) in [4.78, 5) is 10.6. The topological polar surface area (TPSA) is 76.0 Å². The van der Waals surface area contributed by atoms with Crippen molar-refractivity contribution in [1.82, 2.24) is 0 Å². The van der Waals surface area contributed by atoms with Gasteiger partial charge in [-0.2, -0.15) is 0 Å². The van der Waals surface area contributed by atoms with Crippen LogP contribution in [0.4, 0.5) is 4.39 Å². The van der Waals surface area contributed by atoms with Crippen molar-refractivity contribution in [2.45, 2.75) is 116 Å². The van der Waals surface area contributed by atoms with Gasteiger partial charge in [0.05, 0.1) is 6.10 Å². The van der Waals surface area contributed by atoms with Crippen LogP contribution >= 0.6 is 0 Å². The largest absolute Gasteiger partial charge is 0.481 e. The van der Waals surface area contributed by atoms with Gasteiger partial charge in [-0.15, -0.1) is 0 Å². The smallest absolute Gasteiger partial charge is 0.303 e. The van der Waals surface area contributed by atoms with E-state index in [2.05, 4.69) is 26.0 Å². The van der Waals surface area contributed by atoms with Gasteiger partial charge in [-0.1, -0.05) is 51.0 Å². The van der Waals surface area contributed by atoms with Crippen LogP contribution in [0, 0.1) is 17.8 Å². The summed E-state index contributed by atoms with van der Waals surface area (Å²) in [5.41, 5.74) is -1.48. The highest BCUT2D eigenvalue weighted by molar-refractivity contribution is 5.66. The molecule has 0 radical (unpaired) electrons. The van der Waals surface area contributed by atoms with Gasteiger partial charge in [-0.3, -0.25) is 4.79 Å². The van der Waals surface area contributed by atoms with Crippen LogP contribution in [0.5, 0.6) is 0 Å². The third-order valence-electron chi connectivity index (χ3n) is 7.15. The Labute approximate surface area is 199 Å². The molecule has 0 spiro atoms. The molecule has 2 rings (SSSR count). The molecule has 5 nitrogen and oxygen atoms in total. The second kappa shape index (κ2) is 14.2. The molecule has 6 heteroatoms. The first-order chi connectivity index (χ1) is 15.7. The normalized spacial score (nSPS) is 31.2. The van der Waals surface area contributed by atoms with Gasteiger partial charge in [0, 0.05) is 13.0 Å². The molecule has 190 valence electrons. The number of alkyl halides is 1. The molecule has 0 bridgehead atoms. The number of aliphatic hydroxyl groups is 1. The Kier molecular flexibility index (Phi) is 12.1. The third-order valence-corrected chi connectivity index (χ3v) is 7.15. The molecule has 33 heavy (non-hydrogen) atoms. The number of carboxylic acid groups (broad SMARTS) is 1. The van der Waals surface area contributed by atoms with E-state index in [1.807, 2.05) is 12.2 Å². The summed E-state index contributed by atoms with van der Waals surface area (Å²) in [6, 6.07) is 0. The fraction of sp³-hybridized carbons (Fsp3) is 0.815. The van der Waals surface area contributed by atoms with Crippen LogP contribution < -0.4 is 0 Å². The van der Waals surface area contributed by atoms with Crippen molar-refractivity contribution in [1.29, 1.82) is 0 Å². The highest BCUT2D eigenvalue weighted by Gasteiger charge is 2.40. The van der Waals surface area contributed by atoms with Gasteiger partial charge in [0.1, 0.15) is 11.8 Å². The summed E-state index contributed by atoms with van der Waals surface area (Å²) in [5, 5.41) is 19.4. The van der Waals surface area contributed by atoms with Gasteiger partial charge in [0.25, 0.3) is 0 Å². The first-order valence-electron chi connectivity index (χ1n) is 12.9. The molecule has 0 amide bonds. The standard InChI is InChI=1S/C27H45FO5/c1-4-5-17-27(3,28)24(33-26-14-10-11-18-32-26)16-15-21-20(2)19-23(29)22(21)12-8-6-7-9-13-25(30)31/h6,8,15-16,20-24,26,29H,4-5,7,9-14,17-19H2,1-3H3,(H,30,31)/b8-6-,16-15+/t20-,21+,22-,23+,24+,26?,27-/m1/s1. The average Bonchev–Trinajstić information content (AvgIpc) is 3.04. The number of hydrogen-bond donors (Lipinski definition) is 2. The molecule has 0 aromatic heterocycles. The van der Waals surface area contributed by atoms with Crippen LogP contribution in [0.25, 0.3) is 0 Å². The Hall–Kier alpha value is -1.24. The third kappa shape index (κ3) is 9.50. The maximum Gasteiger partial charge on any atom is 0.303 e. The van der Waals surface area contributed by atoms with E-state index < -0.39 is 23.8 Å². The van der Waals surface area contributed by atoms with Crippen molar-refractivity contribution >= 4 is 5.97 Å². The lowest BCUT2D eigenvalue weighted by Crippen LogP contribution is -2.40. The second-order valence-electron chi connectivity index (χ2n) is 10.1. The van der Waals surface area contributed by atoms with Gasteiger partial charge in [0.15, 0.2) is 6.29 Å². The van der Waals surface area contributed by atoms with Crippen LogP contribution in [0.15, 0.2) is 24.3 Å². The second-order valence-corrected chi connectivity index (χ2v) is 10.1. The Balaban J connectivity index is 2.05. The van der Waals surface area contributed by atoms with E-state index in [1.54, 1.807) is 6.92 Å². The summed E-state index contributed by atoms with van der Waals surface area (Å²) in [5.74, 6) is -0.262. The molecule has 1 saturated carbocycles. The number of hydrogen-bond acceptors (Lipinski definition) is 4. The van der Waals surface area contributed by atoms with E-state index in [4.69, 9.17) is 14.6 Å². The highest BCUT2D eigenvalue weighted by atomic mass is 19.1. The number of unbranched alkanes of at least 4 members (excludes halogenated alkanes) is 2. The fourth-order valence-electron chi connectivity index (χ4n) is 5.04. The fourth-order valence-corrected chi connectivity index (χ4v) is 5.04. The maximum absolute atomic E-state index is 15.7. The van der Waals surface area contributed by atoms with Gasteiger partial charge >= 0.3 is 5.97 Å². The summed E-state index contributed by atoms with van der Waals surface area (Å²) in [6.07, 6.45) is 14.6. The van der Waals surface area contributed by atoms with E-state index in [1.165, 1.54) is 0 Å². The lowest BCUT2D eigenvalue weighted by Gasteiger charge is -2.33. The number of halogens is 1. The van der Waals surface area contributed by atoms with Gasteiger partial charge in [-0.25, -0.2) is 4.39 Å². The molecule has 1 aliphatic carbocycles. The number of ether oxygens (including phenoxy) is 2. The lowest BCUT2D eigenvalue weighted by molar-refractivity contribution is -0.201. The molecule has 0 aromatic rings. The molecule has 1 saturated heterocycles. The van der Waals surface area contributed by atoms with Crippen LogP contribution in [0.3, 0.4) is 0 Å². The maximum atomic E-state index is 15.7. The van der Waals surface area contributed by atoms with Crippen molar-refractivity contribution in [3.05, 3.63) is 24.3 Å². The van der Waals surface area contributed by atoms with Crippen molar-refractivity contribution in [2.75, 3.05) is 6.61 Å². The minimum atomic E-state index is -1.48. The SMILES string of the molecule is CCCC[C@@](C)(F)[C@H](/C=C/[C@@H]1[C@@H](C/C=C\CCCC(=O)O)[C@@H](O)C[C@H]1C)OC1CCCCO1. The molecule has 7 atom stereocenters. The van der Waals surface area contributed by atoms with Gasteiger partial charge < -0.3 is 19.7 Å². The summed E-state index contributed by atoms with van der Waals surface area (Å²) in [6.45, 7) is 6.49. The molecule has 1 aliphatic heterocycles. The van der Waals surface area contributed by atoms with Crippen LogP contribution in [0.1, 0.15) is 91.4 Å². The Morgan fingerprint density at radius 1 is 1.30 bits per heavy atom. The van der Waals surface area contributed by atoms with Crippen LogP contribution in [-0.4, -0.2) is 47.0 Å². The minimum Gasteiger partial charge on any atom is -0.481 e. The Morgan fingerprint density at radius 3 is 2.76 bits per heavy atom. The Morgan fingerprint density at radius 2 is 2.09 bits per heavy atom. The number of aliphatic hydroxyl groups excluding tert-OH is 1. The number of aliphatic carboxylic acids is 1. The monoisotopic (exact) mass is 468 g/mol. The molecular weight excluding hydrogens is 423 g/mol. The first-order valence-corrected chi connectivity index (χ1v) is 12.9. The van der Waals surface area contributed by atoms with Crippen molar-refractivity contribution in [2.24, 2.45) is 17.8 Å². The van der Waals surface area contributed by atoms with E-state index in [9.17, 15) is 9.90 Å². The molecule has 2 N–H and O–H groups in total. The molecule has 0 aromatic carbocycles. The van der Waals surface area contributed by atoms with Crippen LogP contribution in [-0.2, 0) is 14.3 Å². The van der Waals surface area contributed by atoms with E-state index >= 15 is 4.39 Å². The van der Waals surface area contributed by atoms with E-state index in [0.717, 1.165) is 51.4 Å². The average molecular weight is 469 g/mol. The van der Waals surface area contributed by atoms with Crippen molar-refractivity contribution in [3.63, 3.8) is 0 Å². The zero-order valence-electron chi connectivity index (χ0n) is 20.8. The predicted octanol–water partition coefficient (Wildman–Crippen LogP) is 6.21. The zero-order valence-corrected chi connectivity index (χ0v) is 20.8. The molecule has 1 unspecified atom stereocenters. The minimum absolute atomic E-state index is 0.0695. The van der Waals surface area contributed by atoms with E-state index in [0.29, 0.717) is 25.4 Å². The summed E-state index contributed by atoms with van der Waals surface area (Å²) in [7, 11) is 0. The van der Waals surface area contributed by atoms with Gasteiger partial charge in [0.2, 0.25) is 0 Å². The van der Waals surface area contributed by atoms with E-state index in [-0.39, 0.29) is 24.5 Å². The molecule has 1 heterocycles. The first kappa shape index (κ1) is 28.0. The summed E-state index contributed by atoms with van der Waals surface area (Å²) >= 11 is 0. The Bertz CT molecular complexity index is 626. The zero-order chi connectivity index (χ0) is 24.3. The van der Waals surface area contributed by atoms with Crippen molar-refractivity contribution in [3.8, 4) is 0 Å². The molecular formula is C27H45FO5. The number of carbonyl (C=O) groups is 1. The molecule has 2 fully saturated rings. The number of allylic oxidation sites excluding steroid dienone is 3. The summed E-state index contributed by atoms with van der Waals surface area (Å²) < 4.78 is 27.6. The lowest BCUT2D eigenvalue weighted by atomic mass is 9.85. The van der Waals surface area contributed by atoms with Crippen molar-refractivity contribution < 1.29 is 28.9 Å². The number of rotatable bonds is 14. The molecule has 2 aliphatic rings. The van der Waals surface area contributed by atoms with Crippen LogP contribution in [0.2, 0.25) is 0 Å². The predicted molar refractivity (Wildman–Crippen MR) is 129 cm³/mol. The number of carboxylic acids is 1. The van der Waals surface area contributed by atoms with Gasteiger partial charge in [-0.05, 0) is 76.0 Å². The highest BCUT2D eigenvalue weighted by Crippen LogP contribution is 2.41.